The first kappa shape index (κ1) is 93.1. The number of ether oxygens (including phenoxy) is 4. The number of aliphatic hydroxyl groups is 1. The Bertz CT molecular complexity index is 1850. The fourth-order valence-corrected chi connectivity index (χ4v) is 13.1. The van der Waals surface area contributed by atoms with Crippen LogP contribution in [0.5, 0.6) is 0 Å². The molecule has 0 saturated heterocycles. The SMILES string of the molecule is CCCCCCCCCCCCCCCCCCCCCCC(=O)O[C@H](COC(=O)CCCCCCCCCCCCCCCC(C)C)COP(=O)(O)OC[C@@H](O)COP(=O)(O)OC[C@@H](COC(=O)CCCCCCCCC(C)C)OC(=O)CCCCCCCCC(C)CC. The number of carbonyl (C=O) groups excluding carboxylic acids is 4. The van der Waals surface area contributed by atoms with E-state index in [2.05, 4.69) is 48.5 Å². The normalized spacial score (nSPS) is 14.4. The summed E-state index contributed by atoms with van der Waals surface area (Å²) in [5, 5.41) is 10.6. The lowest BCUT2D eigenvalue weighted by Gasteiger charge is -2.21. The number of hydrogen-bond acceptors (Lipinski definition) is 15. The Morgan fingerprint density at radius 1 is 0.305 bits per heavy atom. The van der Waals surface area contributed by atoms with Crippen LogP contribution in [-0.4, -0.2) is 96.7 Å². The largest absolute Gasteiger partial charge is 0.472 e. The topological polar surface area (TPSA) is 237 Å². The smallest absolute Gasteiger partial charge is 0.462 e. The van der Waals surface area contributed by atoms with Crippen molar-refractivity contribution in [2.24, 2.45) is 17.8 Å². The number of phosphoric ester groups is 2. The second-order valence-corrected chi connectivity index (χ2v) is 31.5. The maximum Gasteiger partial charge on any atom is 0.472 e. The van der Waals surface area contributed by atoms with E-state index in [4.69, 9.17) is 37.0 Å². The molecule has 0 aromatic carbocycles. The van der Waals surface area contributed by atoms with E-state index in [0.29, 0.717) is 31.6 Å². The summed E-state index contributed by atoms with van der Waals surface area (Å²) >= 11 is 0. The molecule has 0 spiro atoms. The molecule has 0 bridgehead atoms. The van der Waals surface area contributed by atoms with Gasteiger partial charge in [-0.3, -0.25) is 37.3 Å². The molecule has 0 fully saturated rings. The lowest BCUT2D eigenvalue weighted by Crippen LogP contribution is -2.30. The van der Waals surface area contributed by atoms with Gasteiger partial charge in [0, 0.05) is 25.7 Å². The maximum absolute atomic E-state index is 13.1. The van der Waals surface area contributed by atoms with E-state index in [0.717, 1.165) is 108 Å². The third kappa shape index (κ3) is 69.0. The van der Waals surface area contributed by atoms with Gasteiger partial charge in [-0.2, -0.15) is 0 Å². The molecule has 0 saturated carbocycles. The lowest BCUT2D eigenvalue weighted by molar-refractivity contribution is -0.161. The van der Waals surface area contributed by atoms with Gasteiger partial charge < -0.3 is 33.8 Å². The Balaban J connectivity index is 5.20. The van der Waals surface area contributed by atoms with E-state index in [1.807, 2.05) is 0 Å². The van der Waals surface area contributed by atoms with Crippen molar-refractivity contribution in [1.82, 2.24) is 0 Å². The first-order valence-electron chi connectivity index (χ1n) is 39.4. The van der Waals surface area contributed by atoms with Crippen LogP contribution in [-0.2, 0) is 65.4 Å². The quantitative estimate of drug-likeness (QED) is 0.0222. The minimum Gasteiger partial charge on any atom is -0.462 e. The van der Waals surface area contributed by atoms with Crippen LogP contribution in [0.25, 0.3) is 0 Å². The Kier molecular flexibility index (Phi) is 65.2. The van der Waals surface area contributed by atoms with Gasteiger partial charge in [0.2, 0.25) is 0 Å². The van der Waals surface area contributed by atoms with Gasteiger partial charge in [-0.25, -0.2) is 9.13 Å². The summed E-state index contributed by atoms with van der Waals surface area (Å²) in [7, 11) is -9.91. The summed E-state index contributed by atoms with van der Waals surface area (Å²) in [6.45, 7) is 11.8. The first-order chi connectivity index (χ1) is 45.8. The van der Waals surface area contributed by atoms with Crippen LogP contribution in [0.15, 0.2) is 0 Å². The molecule has 0 heterocycles. The molecule has 19 heteroatoms. The van der Waals surface area contributed by atoms with Crippen molar-refractivity contribution in [2.75, 3.05) is 39.6 Å². The molecule has 17 nitrogen and oxygen atoms in total. The second-order valence-electron chi connectivity index (χ2n) is 28.6. The van der Waals surface area contributed by atoms with Gasteiger partial charge in [0.25, 0.3) is 0 Å². The van der Waals surface area contributed by atoms with E-state index in [1.165, 1.54) is 193 Å². The molecule has 0 amide bonds. The van der Waals surface area contributed by atoms with Gasteiger partial charge in [0.15, 0.2) is 12.2 Å². The number of aliphatic hydroxyl groups excluding tert-OH is 1. The average molecular weight is 1400 g/mol. The molecule has 0 aliphatic heterocycles. The van der Waals surface area contributed by atoms with E-state index in [9.17, 15) is 43.2 Å². The minimum absolute atomic E-state index is 0.102. The number of carbonyl (C=O) groups is 4. The van der Waals surface area contributed by atoms with Crippen molar-refractivity contribution >= 4 is 39.5 Å². The van der Waals surface area contributed by atoms with Crippen molar-refractivity contribution < 1.29 is 80.2 Å². The zero-order chi connectivity index (χ0) is 70.1. The number of rotatable bonds is 74. The molecule has 0 aromatic heterocycles. The Hall–Kier alpha value is -1.94. The second kappa shape index (κ2) is 66.6. The van der Waals surface area contributed by atoms with Gasteiger partial charge in [-0.1, -0.05) is 337 Å². The predicted molar refractivity (Wildman–Crippen MR) is 386 cm³/mol. The molecule has 564 valence electrons. The zero-order valence-electron chi connectivity index (χ0n) is 62.1. The van der Waals surface area contributed by atoms with E-state index in [1.54, 1.807) is 0 Å². The lowest BCUT2D eigenvalue weighted by atomic mass is 10.00. The van der Waals surface area contributed by atoms with Gasteiger partial charge in [0.1, 0.15) is 19.3 Å². The summed E-state index contributed by atoms with van der Waals surface area (Å²) in [6.07, 6.45) is 53.1. The standard InChI is InChI=1S/C76H148O17P2/c1-8-10-11-12-13-14-15-16-17-18-19-20-21-22-25-29-32-35-45-52-59-75(80)92-71(63-86-73(78)57-50-43-34-31-28-26-23-24-27-30-33-40-47-54-67(3)4)65-90-94(82,83)88-61-70(77)62-89-95(84,85)91-66-72(64-87-74(79)58-51-44-38-36-41-48-55-68(5)6)93-76(81)60-53-46-39-37-42-49-56-69(7)9-2/h67-72,77H,8-66H2,1-7H3,(H,82,83)(H,84,85)/t69?,70-,71-,72-/m1/s1. The summed E-state index contributed by atoms with van der Waals surface area (Å²) in [4.78, 5) is 72.7. The van der Waals surface area contributed by atoms with Crippen LogP contribution < -0.4 is 0 Å². The molecule has 0 rings (SSSR count). The summed E-state index contributed by atoms with van der Waals surface area (Å²) in [5.41, 5.74) is 0. The van der Waals surface area contributed by atoms with Gasteiger partial charge in [-0.05, 0) is 43.4 Å². The highest BCUT2D eigenvalue weighted by molar-refractivity contribution is 7.47. The molecule has 0 aliphatic carbocycles. The van der Waals surface area contributed by atoms with Crippen LogP contribution in [0, 0.1) is 17.8 Å². The number of unbranched alkanes of at least 4 members (excludes halogenated alkanes) is 41. The Morgan fingerprint density at radius 3 is 0.800 bits per heavy atom. The summed E-state index contributed by atoms with van der Waals surface area (Å²) < 4.78 is 68.4. The monoisotopic (exact) mass is 1400 g/mol. The van der Waals surface area contributed by atoms with Crippen LogP contribution in [0.2, 0.25) is 0 Å². The number of hydrogen-bond donors (Lipinski definition) is 3. The molecule has 0 aromatic rings. The molecule has 95 heavy (non-hydrogen) atoms. The summed E-state index contributed by atoms with van der Waals surface area (Å²) in [6, 6.07) is 0. The van der Waals surface area contributed by atoms with Gasteiger partial charge in [0.05, 0.1) is 26.4 Å². The summed E-state index contributed by atoms with van der Waals surface area (Å²) in [5.74, 6) is 0.0666. The Morgan fingerprint density at radius 2 is 0.537 bits per heavy atom. The highest BCUT2D eigenvalue weighted by atomic mass is 31.2. The van der Waals surface area contributed by atoms with Crippen molar-refractivity contribution in [3.05, 3.63) is 0 Å². The van der Waals surface area contributed by atoms with Gasteiger partial charge in [-0.15, -0.1) is 0 Å². The molecule has 3 N–H and O–H groups in total. The zero-order valence-corrected chi connectivity index (χ0v) is 63.9. The van der Waals surface area contributed by atoms with E-state index >= 15 is 0 Å². The van der Waals surface area contributed by atoms with E-state index < -0.39 is 97.5 Å². The predicted octanol–water partition coefficient (Wildman–Crippen LogP) is 22.2. The third-order valence-electron chi connectivity index (χ3n) is 18.0. The molecule has 0 radical (unpaired) electrons. The van der Waals surface area contributed by atoms with E-state index in [-0.39, 0.29) is 25.7 Å². The van der Waals surface area contributed by atoms with Crippen molar-refractivity contribution in [2.45, 2.75) is 407 Å². The van der Waals surface area contributed by atoms with Crippen LogP contribution in [0.1, 0.15) is 389 Å². The number of phosphoric acid groups is 2. The first-order valence-corrected chi connectivity index (χ1v) is 42.4. The molecule has 0 aliphatic rings. The molecule has 6 atom stereocenters. The van der Waals surface area contributed by atoms with Crippen LogP contribution in [0.4, 0.5) is 0 Å². The van der Waals surface area contributed by atoms with Crippen LogP contribution >= 0.6 is 15.6 Å². The fraction of sp³-hybridized carbons (Fsp3) is 0.947. The third-order valence-corrected chi connectivity index (χ3v) is 19.9. The van der Waals surface area contributed by atoms with Gasteiger partial charge >= 0.3 is 39.5 Å². The number of esters is 4. The fourth-order valence-electron chi connectivity index (χ4n) is 11.6. The highest BCUT2D eigenvalue weighted by Gasteiger charge is 2.30. The van der Waals surface area contributed by atoms with Crippen LogP contribution in [0.3, 0.4) is 0 Å². The Labute approximate surface area is 581 Å². The van der Waals surface area contributed by atoms with Crippen molar-refractivity contribution in [3.63, 3.8) is 0 Å². The van der Waals surface area contributed by atoms with Crippen molar-refractivity contribution in [1.29, 1.82) is 0 Å². The van der Waals surface area contributed by atoms with Crippen molar-refractivity contribution in [3.8, 4) is 0 Å². The molecular weight excluding hydrogens is 1250 g/mol. The maximum atomic E-state index is 13.1. The molecule has 3 unspecified atom stereocenters. The highest BCUT2D eigenvalue weighted by Crippen LogP contribution is 2.45. The molecular formula is C76H148O17P2. The average Bonchev–Trinajstić information content (AvgIpc) is 1.59. The minimum atomic E-state index is -4.96.